The number of hydrogen-bond acceptors (Lipinski definition) is 3. The van der Waals surface area contributed by atoms with Gasteiger partial charge in [-0.15, -0.1) is 0 Å². The molecular formula is C14H16N2O. The van der Waals surface area contributed by atoms with Gasteiger partial charge in [-0.2, -0.15) is 0 Å². The van der Waals surface area contributed by atoms with Crippen molar-refractivity contribution in [1.82, 2.24) is 4.98 Å². The van der Waals surface area contributed by atoms with E-state index >= 15 is 0 Å². The van der Waals surface area contributed by atoms with E-state index in [4.69, 9.17) is 0 Å². The third-order valence-electron chi connectivity index (χ3n) is 3.32. The minimum Gasteiger partial charge on any atom is -0.391 e. The molecule has 2 N–H and O–H groups in total. The maximum atomic E-state index is 9.83. The van der Waals surface area contributed by atoms with Gasteiger partial charge in [0.25, 0.3) is 0 Å². The van der Waals surface area contributed by atoms with Crippen molar-refractivity contribution >= 4 is 16.6 Å². The molecule has 3 nitrogen and oxygen atoms in total. The smallest absolute Gasteiger partial charge is 0.133 e. The number of aliphatic hydroxyl groups excluding tert-OH is 1. The second kappa shape index (κ2) is 4.34. The van der Waals surface area contributed by atoms with Crippen LogP contribution in [0.2, 0.25) is 0 Å². The van der Waals surface area contributed by atoms with Gasteiger partial charge in [-0.25, -0.2) is 4.98 Å². The first-order chi connectivity index (χ1) is 8.34. The number of anilines is 1. The van der Waals surface area contributed by atoms with Gasteiger partial charge in [0, 0.05) is 18.1 Å². The number of nitrogens with zero attached hydrogens (tertiary/aromatic N) is 1. The van der Waals surface area contributed by atoms with E-state index in [1.165, 1.54) is 5.39 Å². The van der Waals surface area contributed by atoms with Crippen LogP contribution < -0.4 is 5.32 Å². The van der Waals surface area contributed by atoms with Gasteiger partial charge in [0.1, 0.15) is 5.82 Å². The van der Waals surface area contributed by atoms with E-state index in [-0.39, 0.29) is 6.10 Å². The highest BCUT2D eigenvalue weighted by molar-refractivity contribution is 5.91. The Hall–Kier alpha value is -1.61. The average Bonchev–Trinajstić information content (AvgIpc) is 3.20. The Morgan fingerprint density at radius 3 is 2.94 bits per heavy atom. The number of benzene rings is 1. The number of aromatic nitrogens is 1. The molecule has 0 aliphatic heterocycles. The van der Waals surface area contributed by atoms with Gasteiger partial charge >= 0.3 is 0 Å². The maximum Gasteiger partial charge on any atom is 0.133 e. The molecule has 1 aromatic heterocycles. The number of aliphatic hydroxyl groups is 1. The molecule has 1 aliphatic carbocycles. The summed E-state index contributed by atoms with van der Waals surface area (Å²) in [6.45, 7) is 0.589. The molecule has 0 amide bonds. The van der Waals surface area contributed by atoms with Crippen LogP contribution in [-0.2, 0) is 0 Å². The minimum absolute atomic E-state index is 0.240. The molecule has 3 rings (SSSR count). The van der Waals surface area contributed by atoms with Crippen molar-refractivity contribution in [3.63, 3.8) is 0 Å². The fourth-order valence-electron chi connectivity index (χ4n) is 2.11. The summed E-state index contributed by atoms with van der Waals surface area (Å²) in [4.78, 5) is 4.34. The Balaban J connectivity index is 1.79. The summed E-state index contributed by atoms with van der Waals surface area (Å²) in [5, 5.41) is 15.4. The van der Waals surface area contributed by atoms with Crippen LogP contribution >= 0.6 is 0 Å². The lowest BCUT2D eigenvalue weighted by Gasteiger charge is -2.12. The maximum absolute atomic E-state index is 9.83. The van der Waals surface area contributed by atoms with Gasteiger partial charge in [-0.1, -0.05) is 24.3 Å². The number of rotatable bonds is 4. The largest absolute Gasteiger partial charge is 0.391 e. The van der Waals surface area contributed by atoms with Crippen molar-refractivity contribution in [3.8, 4) is 0 Å². The molecule has 1 saturated carbocycles. The van der Waals surface area contributed by atoms with Crippen LogP contribution in [0.1, 0.15) is 12.8 Å². The number of fused-ring (bicyclic) bond motifs is 1. The summed E-state index contributed by atoms with van der Waals surface area (Å²) >= 11 is 0. The molecule has 88 valence electrons. The van der Waals surface area contributed by atoms with Crippen LogP contribution in [0.5, 0.6) is 0 Å². The zero-order chi connectivity index (χ0) is 11.7. The quantitative estimate of drug-likeness (QED) is 0.844. The lowest BCUT2D eigenvalue weighted by molar-refractivity contribution is 0.164. The van der Waals surface area contributed by atoms with E-state index in [1.54, 1.807) is 6.20 Å². The predicted octanol–water partition coefficient (Wildman–Crippen LogP) is 2.42. The standard InChI is InChI=1S/C14H16N2O/c17-13(11-5-6-11)9-16-14-12-4-2-1-3-10(12)7-8-15-14/h1-4,7-8,11,13,17H,5-6,9H2,(H,15,16). The van der Waals surface area contributed by atoms with E-state index in [0.717, 1.165) is 24.0 Å². The molecule has 1 fully saturated rings. The van der Waals surface area contributed by atoms with Gasteiger partial charge in [0.05, 0.1) is 6.10 Å². The number of nitrogens with one attached hydrogen (secondary N) is 1. The number of hydrogen-bond donors (Lipinski definition) is 2. The van der Waals surface area contributed by atoms with Crippen LogP contribution in [0.4, 0.5) is 5.82 Å². The summed E-state index contributed by atoms with van der Waals surface area (Å²) < 4.78 is 0. The second-order valence-corrected chi connectivity index (χ2v) is 4.67. The van der Waals surface area contributed by atoms with Crippen molar-refractivity contribution in [2.45, 2.75) is 18.9 Å². The van der Waals surface area contributed by atoms with Gasteiger partial charge < -0.3 is 10.4 Å². The van der Waals surface area contributed by atoms with Crippen molar-refractivity contribution in [2.24, 2.45) is 5.92 Å². The predicted molar refractivity (Wildman–Crippen MR) is 69.0 cm³/mol. The minimum atomic E-state index is -0.240. The topological polar surface area (TPSA) is 45.1 Å². The Morgan fingerprint density at radius 2 is 2.12 bits per heavy atom. The fraction of sp³-hybridized carbons (Fsp3) is 0.357. The third kappa shape index (κ3) is 2.24. The first kappa shape index (κ1) is 10.5. The lowest BCUT2D eigenvalue weighted by atomic mass is 10.1. The summed E-state index contributed by atoms with van der Waals surface area (Å²) in [7, 11) is 0. The molecule has 0 spiro atoms. The zero-order valence-electron chi connectivity index (χ0n) is 9.63. The van der Waals surface area contributed by atoms with E-state index in [0.29, 0.717) is 12.5 Å². The summed E-state index contributed by atoms with van der Waals surface area (Å²) in [5.74, 6) is 1.36. The lowest BCUT2D eigenvalue weighted by Crippen LogP contribution is -2.21. The molecule has 1 atom stereocenters. The van der Waals surface area contributed by atoms with E-state index in [9.17, 15) is 5.11 Å². The number of pyridine rings is 1. The van der Waals surface area contributed by atoms with Crippen molar-refractivity contribution in [3.05, 3.63) is 36.5 Å². The molecule has 17 heavy (non-hydrogen) atoms. The van der Waals surface area contributed by atoms with E-state index in [1.807, 2.05) is 24.3 Å². The highest BCUT2D eigenvalue weighted by atomic mass is 16.3. The molecular weight excluding hydrogens is 212 g/mol. The third-order valence-corrected chi connectivity index (χ3v) is 3.32. The normalized spacial score (nSPS) is 17.0. The molecule has 0 radical (unpaired) electrons. The van der Waals surface area contributed by atoms with Gasteiger partial charge in [-0.3, -0.25) is 0 Å². The van der Waals surface area contributed by atoms with Gasteiger partial charge in [0.15, 0.2) is 0 Å². The van der Waals surface area contributed by atoms with Crippen molar-refractivity contribution in [2.75, 3.05) is 11.9 Å². The highest BCUT2D eigenvalue weighted by Gasteiger charge is 2.29. The Morgan fingerprint density at radius 1 is 1.29 bits per heavy atom. The Labute approximate surface area is 100 Å². The van der Waals surface area contributed by atoms with Gasteiger partial charge in [0.2, 0.25) is 0 Å². The summed E-state index contributed by atoms with van der Waals surface area (Å²) in [6, 6.07) is 10.1. The Kier molecular flexibility index (Phi) is 2.69. The molecule has 1 aromatic carbocycles. The molecule has 1 unspecified atom stereocenters. The second-order valence-electron chi connectivity index (χ2n) is 4.67. The highest BCUT2D eigenvalue weighted by Crippen LogP contribution is 2.32. The molecule has 1 aliphatic rings. The van der Waals surface area contributed by atoms with Crippen LogP contribution in [-0.4, -0.2) is 22.7 Å². The molecule has 0 bridgehead atoms. The van der Waals surface area contributed by atoms with E-state index < -0.39 is 0 Å². The monoisotopic (exact) mass is 228 g/mol. The fourth-order valence-corrected chi connectivity index (χ4v) is 2.11. The molecule has 0 saturated heterocycles. The van der Waals surface area contributed by atoms with Crippen LogP contribution in [0.25, 0.3) is 10.8 Å². The van der Waals surface area contributed by atoms with Crippen LogP contribution in [0, 0.1) is 5.92 Å². The van der Waals surface area contributed by atoms with Gasteiger partial charge in [-0.05, 0) is 30.2 Å². The molecule has 1 heterocycles. The zero-order valence-corrected chi connectivity index (χ0v) is 9.63. The average molecular weight is 228 g/mol. The first-order valence-electron chi connectivity index (χ1n) is 6.10. The molecule has 3 heteroatoms. The van der Waals surface area contributed by atoms with Crippen LogP contribution in [0.15, 0.2) is 36.5 Å². The summed E-state index contributed by atoms with van der Waals surface area (Å²) in [5.41, 5.74) is 0. The summed E-state index contributed by atoms with van der Waals surface area (Å²) in [6.07, 6.45) is 3.88. The van der Waals surface area contributed by atoms with Crippen LogP contribution in [0.3, 0.4) is 0 Å². The van der Waals surface area contributed by atoms with Crippen molar-refractivity contribution in [1.29, 1.82) is 0 Å². The van der Waals surface area contributed by atoms with Crippen molar-refractivity contribution < 1.29 is 5.11 Å². The first-order valence-corrected chi connectivity index (χ1v) is 6.10. The van der Waals surface area contributed by atoms with E-state index in [2.05, 4.69) is 16.4 Å². The Bertz CT molecular complexity index is 517. The molecule has 2 aromatic rings. The SMILES string of the molecule is OC(CNc1nccc2ccccc12)C1CC1.